The van der Waals surface area contributed by atoms with E-state index in [-0.39, 0.29) is 23.9 Å². The Hall–Kier alpha value is -4.14. The van der Waals surface area contributed by atoms with E-state index in [1.807, 2.05) is 60.7 Å². The molecule has 0 aliphatic rings. The van der Waals surface area contributed by atoms with Crippen LogP contribution in [0.4, 0.5) is 5.69 Å². The number of carbonyl (C=O) groups excluding carboxylic acids is 1. The second-order valence-electron chi connectivity index (χ2n) is 8.32. The number of anilines is 1. The van der Waals surface area contributed by atoms with Crippen molar-refractivity contribution in [2.24, 2.45) is 0 Å². The van der Waals surface area contributed by atoms with E-state index in [0.717, 1.165) is 11.1 Å². The highest BCUT2D eigenvalue weighted by Gasteiger charge is 2.25. The van der Waals surface area contributed by atoms with Crippen molar-refractivity contribution in [2.45, 2.75) is 18.0 Å². The standard InChI is InChI=1S/C29H28N2O5S/c1-35-26-17-24(18-27(19-26)36-2)29(32)30-25-13-15-28(16-14-25)37(33,34)31(20-22-9-5-3-6-10-22)21-23-11-7-4-8-12-23/h3-19H,20-21H2,1-2H3,(H,30,32). The number of amides is 1. The summed E-state index contributed by atoms with van der Waals surface area (Å²) in [6.45, 7) is 0.461. The van der Waals surface area contributed by atoms with E-state index in [0.29, 0.717) is 22.7 Å². The fraction of sp³-hybridized carbons (Fsp3) is 0.138. The van der Waals surface area contributed by atoms with Gasteiger partial charge in [0.25, 0.3) is 5.91 Å². The molecule has 0 aliphatic carbocycles. The number of rotatable bonds is 10. The van der Waals surface area contributed by atoms with Crippen LogP contribution < -0.4 is 14.8 Å². The number of hydrogen-bond acceptors (Lipinski definition) is 5. The molecule has 0 aromatic heterocycles. The summed E-state index contributed by atoms with van der Waals surface area (Å²) < 4.78 is 39.2. The topological polar surface area (TPSA) is 84.9 Å². The van der Waals surface area contributed by atoms with Crippen LogP contribution in [0, 0.1) is 0 Å². The van der Waals surface area contributed by atoms with E-state index in [1.165, 1.54) is 30.7 Å². The van der Waals surface area contributed by atoms with Gasteiger partial charge in [-0.3, -0.25) is 4.79 Å². The summed E-state index contributed by atoms with van der Waals surface area (Å²) >= 11 is 0. The Morgan fingerprint density at radius 1 is 0.730 bits per heavy atom. The van der Waals surface area contributed by atoms with Crippen molar-refractivity contribution >= 4 is 21.6 Å². The molecule has 0 saturated carbocycles. The molecule has 0 atom stereocenters. The predicted molar refractivity (Wildman–Crippen MR) is 143 cm³/mol. The quantitative estimate of drug-likeness (QED) is 0.307. The lowest BCUT2D eigenvalue weighted by Crippen LogP contribution is -2.30. The van der Waals surface area contributed by atoms with Crippen molar-refractivity contribution in [3.63, 3.8) is 0 Å². The molecule has 8 heteroatoms. The summed E-state index contributed by atoms with van der Waals surface area (Å²) in [5, 5.41) is 2.79. The van der Waals surface area contributed by atoms with Crippen LogP contribution in [0.3, 0.4) is 0 Å². The van der Waals surface area contributed by atoms with Gasteiger partial charge in [-0.15, -0.1) is 0 Å². The number of nitrogens with one attached hydrogen (secondary N) is 1. The normalized spacial score (nSPS) is 11.2. The zero-order valence-electron chi connectivity index (χ0n) is 20.6. The third-order valence-electron chi connectivity index (χ3n) is 5.77. The Morgan fingerprint density at radius 2 is 1.22 bits per heavy atom. The van der Waals surface area contributed by atoms with Crippen molar-refractivity contribution in [1.82, 2.24) is 4.31 Å². The first kappa shape index (κ1) is 25.9. The van der Waals surface area contributed by atoms with Gasteiger partial charge in [-0.2, -0.15) is 4.31 Å². The van der Waals surface area contributed by atoms with Crippen LogP contribution in [0.2, 0.25) is 0 Å². The smallest absolute Gasteiger partial charge is 0.255 e. The van der Waals surface area contributed by atoms with E-state index < -0.39 is 10.0 Å². The van der Waals surface area contributed by atoms with E-state index in [4.69, 9.17) is 9.47 Å². The molecule has 190 valence electrons. The second-order valence-corrected chi connectivity index (χ2v) is 10.3. The monoisotopic (exact) mass is 516 g/mol. The number of methoxy groups -OCH3 is 2. The zero-order chi connectivity index (χ0) is 26.3. The first-order chi connectivity index (χ1) is 17.9. The Morgan fingerprint density at radius 3 is 1.68 bits per heavy atom. The van der Waals surface area contributed by atoms with Crippen molar-refractivity contribution in [3.8, 4) is 11.5 Å². The highest BCUT2D eigenvalue weighted by molar-refractivity contribution is 7.89. The van der Waals surface area contributed by atoms with Gasteiger partial charge in [-0.1, -0.05) is 60.7 Å². The van der Waals surface area contributed by atoms with Crippen LogP contribution >= 0.6 is 0 Å². The molecule has 0 aliphatic heterocycles. The van der Waals surface area contributed by atoms with Crippen LogP contribution in [-0.4, -0.2) is 32.8 Å². The summed E-state index contributed by atoms with van der Waals surface area (Å²) in [5.74, 6) is 0.605. The van der Waals surface area contributed by atoms with Crippen LogP contribution in [-0.2, 0) is 23.1 Å². The third kappa shape index (κ3) is 6.55. The van der Waals surface area contributed by atoms with E-state index in [1.54, 1.807) is 30.3 Å². The minimum Gasteiger partial charge on any atom is -0.497 e. The first-order valence-electron chi connectivity index (χ1n) is 11.6. The van der Waals surface area contributed by atoms with Gasteiger partial charge in [-0.25, -0.2) is 8.42 Å². The van der Waals surface area contributed by atoms with Crippen molar-refractivity contribution in [2.75, 3.05) is 19.5 Å². The second kappa shape index (κ2) is 11.7. The molecule has 4 aromatic carbocycles. The average Bonchev–Trinajstić information content (AvgIpc) is 2.93. The lowest BCUT2D eigenvalue weighted by molar-refractivity contribution is 0.102. The molecule has 1 N–H and O–H groups in total. The molecule has 0 unspecified atom stereocenters. The van der Waals surface area contributed by atoms with Crippen molar-refractivity contribution < 1.29 is 22.7 Å². The molecule has 0 saturated heterocycles. The Labute approximate surface area is 217 Å². The largest absolute Gasteiger partial charge is 0.497 e. The van der Waals surface area contributed by atoms with Crippen LogP contribution in [0.1, 0.15) is 21.5 Å². The molecule has 0 heterocycles. The molecule has 0 fully saturated rings. The summed E-state index contributed by atoms with van der Waals surface area (Å²) in [5.41, 5.74) is 2.59. The first-order valence-corrected chi connectivity index (χ1v) is 13.1. The van der Waals surface area contributed by atoms with Crippen LogP contribution in [0.5, 0.6) is 11.5 Å². The number of ether oxygens (including phenoxy) is 2. The minimum absolute atomic E-state index is 0.139. The average molecular weight is 517 g/mol. The number of benzene rings is 4. The van der Waals surface area contributed by atoms with Gasteiger partial charge >= 0.3 is 0 Å². The summed E-state index contributed by atoms with van der Waals surface area (Å²) in [7, 11) is -0.808. The maximum atomic E-state index is 13.6. The van der Waals surface area contributed by atoms with Gasteiger partial charge in [0.1, 0.15) is 11.5 Å². The number of carbonyl (C=O) groups is 1. The lowest BCUT2D eigenvalue weighted by Gasteiger charge is -2.23. The van der Waals surface area contributed by atoms with E-state index >= 15 is 0 Å². The fourth-order valence-corrected chi connectivity index (χ4v) is 5.22. The molecular formula is C29H28N2O5S. The molecule has 4 aromatic rings. The molecule has 4 rings (SSSR count). The maximum absolute atomic E-state index is 13.6. The third-order valence-corrected chi connectivity index (χ3v) is 7.57. The van der Waals surface area contributed by atoms with Gasteiger partial charge in [0.2, 0.25) is 10.0 Å². The predicted octanol–water partition coefficient (Wildman–Crippen LogP) is 5.35. The number of sulfonamides is 1. The Balaban J connectivity index is 1.55. The Kier molecular flexibility index (Phi) is 8.22. The molecule has 37 heavy (non-hydrogen) atoms. The zero-order valence-corrected chi connectivity index (χ0v) is 21.4. The van der Waals surface area contributed by atoms with E-state index in [9.17, 15) is 13.2 Å². The van der Waals surface area contributed by atoms with Crippen molar-refractivity contribution in [3.05, 3.63) is 120 Å². The molecule has 1 amide bonds. The molecule has 0 radical (unpaired) electrons. The summed E-state index contributed by atoms with van der Waals surface area (Å²) in [6.07, 6.45) is 0. The van der Waals surface area contributed by atoms with Crippen LogP contribution in [0.25, 0.3) is 0 Å². The minimum atomic E-state index is -3.83. The highest BCUT2D eigenvalue weighted by atomic mass is 32.2. The summed E-state index contributed by atoms with van der Waals surface area (Å²) in [6, 6.07) is 30.0. The van der Waals surface area contributed by atoms with Gasteiger partial charge < -0.3 is 14.8 Å². The van der Waals surface area contributed by atoms with Crippen molar-refractivity contribution in [1.29, 1.82) is 0 Å². The van der Waals surface area contributed by atoms with E-state index in [2.05, 4.69) is 5.32 Å². The number of nitrogens with zero attached hydrogens (tertiary/aromatic N) is 1. The SMILES string of the molecule is COc1cc(OC)cc(C(=O)Nc2ccc(S(=O)(=O)N(Cc3ccccc3)Cc3ccccc3)cc2)c1. The lowest BCUT2D eigenvalue weighted by atomic mass is 10.2. The summed E-state index contributed by atoms with van der Waals surface area (Å²) in [4.78, 5) is 12.9. The number of hydrogen-bond donors (Lipinski definition) is 1. The van der Waals surface area contributed by atoms with Gasteiger partial charge in [-0.05, 0) is 47.5 Å². The molecule has 0 spiro atoms. The molecular weight excluding hydrogens is 488 g/mol. The Bertz CT molecular complexity index is 1380. The molecule has 0 bridgehead atoms. The van der Waals surface area contributed by atoms with Gasteiger partial charge in [0.05, 0.1) is 19.1 Å². The van der Waals surface area contributed by atoms with Crippen LogP contribution in [0.15, 0.2) is 108 Å². The molecule has 7 nitrogen and oxygen atoms in total. The van der Waals surface area contributed by atoms with Gasteiger partial charge in [0.15, 0.2) is 0 Å². The van der Waals surface area contributed by atoms with Gasteiger partial charge in [0, 0.05) is 30.4 Å². The maximum Gasteiger partial charge on any atom is 0.255 e. The fourth-order valence-electron chi connectivity index (χ4n) is 3.80. The highest BCUT2D eigenvalue weighted by Crippen LogP contribution is 2.25.